The first-order valence-corrected chi connectivity index (χ1v) is 4.82. The number of alkyl halides is 5. The van der Waals surface area contributed by atoms with Crippen LogP contribution in [0, 0.1) is 6.92 Å². The van der Waals surface area contributed by atoms with Crippen molar-refractivity contribution in [1.82, 2.24) is 0 Å². The molecule has 1 aromatic rings. The van der Waals surface area contributed by atoms with Gasteiger partial charge >= 0.3 is 18.1 Å². The molecular weight excluding hydrogens is 259 g/mol. The molecule has 7 heteroatoms. The van der Waals surface area contributed by atoms with Crippen LogP contribution in [-0.4, -0.2) is 18.1 Å². The molecule has 0 aromatic heterocycles. The van der Waals surface area contributed by atoms with Crippen molar-refractivity contribution in [2.45, 2.75) is 25.6 Å². The first-order valence-electron chi connectivity index (χ1n) is 4.82. The smallest absolute Gasteiger partial charge is 0.456 e. The van der Waals surface area contributed by atoms with E-state index in [1.54, 1.807) is 19.1 Å². The van der Waals surface area contributed by atoms with E-state index in [9.17, 15) is 26.7 Å². The number of carbonyl (C=O) groups excluding carboxylic acids is 1. The Bertz CT molecular complexity index is 422. The van der Waals surface area contributed by atoms with Crippen molar-refractivity contribution in [3.05, 3.63) is 35.4 Å². The number of halogens is 5. The zero-order valence-corrected chi connectivity index (χ0v) is 9.22. The molecule has 0 spiro atoms. The maximum Gasteiger partial charge on any atom is 0.465 e. The number of benzene rings is 1. The number of carbonyl (C=O) groups is 1. The summed E-state index contributed by atoms with van der Waals surface area (Å²) in [4.78, 5) is 10.7. The van der Waals surface area contributed by atoms with Gasteiger partial charge in [0.1, 0.15) is 6.61 Å². The van der Waals surface area contributed by atoms with Crippen molar-refractivity contribution >= 4 is 5.97 Å². The van der Waals surface area contributed by atoms with E-state index >= 15 is 0 Å². The van der Waals surface area contributed by atoms with Gasteiger partial charge in [-0.2, -0.15) is 22.0 Å². The van der Waals surface area contributed by atoms with Crippen LogP contribution in [0.1, 0.15) is 11.1 Å². The Morgan fingerprint density at radius 2 is 1.61 bits per heavy atom. The van der Waals surface area contributed by atoms with Gasteiger partial charge in [-0.25, -0.2) is 4.79 Å². The number of hydrogen-bond donors (Lipinski definition) is 0. The average Bonchev–Trinajstić information content (AvgIpc) is 2.26. The summed E-state index contributed by atoms with van der Waals surface area (Å²) >= 11 is 0. The summed E-state index contributed by atoms with van der Waals surface area (Å²) in [5.74, 6) is -8.09. The van der Waals surface area contributed by atoms with Crippen LogP contribution in [0.2, 0.25) is 0 Å². The Kier molecular flexibility index (Phi) is 3.93. The summed E-state index contributed by atoms with van der Waals surface area (Å²) in [5.41, 5.74) is 1.21. The zero-order valence-electron chi connectivity index (χ0n) is 9.22. The molecule has 0 aliphatic rings. The molecule has 0 saturated carbocycles. The van der Waals surface area contributed by atoms with Gasteiger partial charge in [-0.3, -0.25) is 0 Å². The highest BCUT2D eigenvalue weighted by molar-refractivity contribution is 5.78. The Morgan fingerprint density at radius 3 is 2.06 bits per heavy atom. The highest BCUT2D eigenvalue weighted by Crippen LogP contribution is 2.36. The van der Waals surface area contributed by atoms with E-state index in [1.165, 1.54) is 12.1 Å². The van der Waals surface area contributed by atoms with Gasteiger partial charge in [-0.15, -0.1) is 0 Å². The number of esters is 1. The van der Waals surface area contributed by atoms with Crippen molar-refractivity contribution in [3.8, 4) is 0 Å². The monoisotopic (exact) mass is 268 g/mol. The summed E-state index contributed by atoms with van der Waals surface area (Å²) in [6.45, 7) is 1.14. The SMILES string of the molecule is Cc1ccc(COC(=O)C(F)(F)C(F)(F)F)cc1. The predicted octanol–water partition coefficient (Wildman–Crippen LogP) is 3.24. The Labute approximate surface area is 99.4 Å². The lowest BCUT2D eigenvalue weighted by Gasteiger charge is -2.17. The molecule has 0 atom stereocenters. The standard InChI is InChI=1S/C11H9F5O2/c1-7-2-4-8(5-3-7)6-18-9(17)10(12,13)11(14,15)16/h2-5H,6H2,1H3. The summed E-state index contributed by atoms with van der Waals surface area (Å²) in [6, 6.07) is 6.17. The predicted molar refractivity (Wildman–Crippen MR) is 52.0 cm³/mol. The lowest BCUT2D eigenvalue weighted by Crippen LogP contribution is -2.45. The molecule has 0 fully saturated rings. The van der Waals surface area contributed by atoms with E-state index in [4.69, 9.17) is 0 Å². The Morgan fingerprint density at radius 1 is 1.11 bits per heavy atom. The van der Waals surface area contributed by atoms with Crippen LogP contribution in [0.15, 0.2) is 24.3 Å². The molecule has 0 unspecified atom stereocenters. The fourth-order valence-electron chi connectivity index (χ4n) is 1.04. The van der Waals surface area contributed by atoms with E-state index in [-0.39, 0.29) is 0 Å². The fourth-order valence-corrected chi connectivity index (χ4v) is 1.04. The van der Waals surface area contributed by atoms with E-state index in [0.29, 0.717) is 5.56 Å². The van der Waals surface area contributed by atoms with Gasteiger partial charge in [0.15, 0.2) is 0 Å². The summed E-state index contributed by atoms with van der Waals surface area (Å²) in [7, 11) is 0. The van der Waals surface area contributed by atoms with Gasteiger partial charge in [0.2, 0.25) is 0 Å². The van der Waals surface area contributed by atoms with E-state index in [0.717, 1.165) is 5.56 Å². The number of aryl methyl sites for hydroxylation is 1. The fraction of sp³-hybridized carbons (Fsp3) is 0.364. The minimum Gasteiger partial charge on any atom is -0.456 e. The molecule has 0 saturated heterocycles. The average molecular weight is 268 g/mol. The minimum absolute atomic E-state index is 0.326. The van der Waals surface area contributed by atoms with Crippen LogP contribution < -0.4 is 0 Å². The molecule has 2 nitrogen and oxygen atoms in total. The summed E-state index contributed by atoms with van der Waals surface area (Å²) in [5, 5.41) is 0. The number of ether oxygens (including phenoxy) is 1. The van der Waals surface area contributed by atoms with E-state index in [2.05, 4.69) is 4.74 Å². The second-order valence-electron chi connectivity index (χ2n) is 3.63. The maximum atomic E-state index is 12.5. The Hall–Kier alpha value is -1.66. The molecule has 0 amide bonds. The molecule has 0 N–H and O–H groups in total. The molecule has 1 aromatic carbocycles. The second kappa shape index (κ2) is 4.91. The quantitative estimate of drug-likeness (QED) is 0.621. The lowest BCUT2D eigenvalue weighted by atomic mass is 10.2. The number of hydrogen-bond acceptors (Lipinski definition) is 2. The molecule has 18 heavy (non-hydrogen) atoms. The topological polar surface area (TPSA) is 26.3 Å². The largest absolute Gasteiger partial charge is 0.465 e. The lowest BCUT2D eigenvalue weighted by molar-refractivity contribution is -0.281. The van der Waals surface area contributed by atoms with Crippen LogP contribution in [-0.2, 0) is 16.1 Å². The van der Waals surface area contributed by atoms with E-state index < -0.39 is 24.7 Å². The second-order valence-corrected chi connectivity index (χ2v) is 3.63. The number of rotatable bonds is 3. The highest BCUT2D eigenvalue weighted by Gasteiger charge is 2.64. The first-order chi connectivity index (χ1) is 8.14. The zero-order chi connectivity index (χ0) is 14.0. The van der Waals surface area contributed by atoms with Crippen LogP contribution in [0.3, 0.4) is 0 Å². The van der Waals surface area contributed by atoms with Crippen molar-refractivity contribution < 1.29 is 31.5 Å². The van der Waals surface area contributed by atoms with Crippen molar-refractivity contribution in [1.29, 1.82) is 0 Å². The van der Waals surface area contributed by atoms with Crippen LogP contribution in [0.5, 0.6) is 0 Å². The third-order valence-electron chi connectivity index (χ3n) is 2.10. The third kappa shape index (κ3) is 3.18. The van der Waals surface area contributed by atoms with Crippen LogP contribution in [0.4, 0.5) is 22.0 Å². The van der Waals surface area contributed by atoms with Crippen molar-refractivity contribution in [2.75, 3.05) is 0 Å². The van der Waals surface area contributed by atoms with Crippen molar-refractivity contribution in [3.63, 3.8) is 0 Å². The van der Waals surface area contributed by atoms with E-state index in [1.807, 2.05) is 0 Å². The van der Waals surface area contributed by atoms with Gasteiger partial charge in [0.25, 0.3) is 0 Å². The van der Waals surface area contributed by atoms with Crippen LogP contribution in [0.25, 0.3) is 0 Å². The minimum atomic E-state index is -5.95. The summed E-state index contributed by atoms with van der Waals surface area (Å²) in [6.07, 6.45) is -5.95. The molecule has 0 radical (unpaired) electrons. The molecule has 0 heterocycles. The first kappa shape index (κ1) is 14.4. The maximum absolute atomic E-state index is 12.5. The molecule has 1 rings (SSSR count). The third-order valence-corrected chi connectivity index (χ3v) is 2.10. The van der Waals surface area contributed by atoms with Crippen LogP contribution >= 0.6 is 0 Å². The molecular formula is C11H9F5O2. The molecule has 0 aliphatic heterocycles. The highest BCUT2D eigenvalue weighted by atomic mass is 19.4. The molecule has 0 bridgehead atoms. The van der Waals surface area contributed by atoms with Crippen molar-refractivity contribution in [2.24, 2.45) is 0 Å². The normalized spacial score (nSPS) is 12.3. The van der Waals surface area contributed by atoms with Gasteiger partial charge < -0.3 is 4.74 Å². The Balaban J connectivity index is 2.64. The summed E-state index contributed by atoms with van der Waals surface area (Å²) < 4.78 is 64.4. The molecule has 0 aliphatic carbocycles. The van der Waals surface area contributed by atoms with Gasteiger partial charge in [0, 0.05) is 0 Å². The van der Waals surface area contributed by atoms with Gasteiger partial charge in [-0.05, 0) is 12.5 Å². The van der Waals surface area contributed by atoms with Gasteiger partial charge in [-0.1, -0.05) is 29.8 Å². The van der Waals surface area contributed by atoms with Gasteiger partial charge in [0.05, 0.1) is 0 Å². The molecule has 100 valence electrons.